The number of aliphatic hydroxyl groups is 1. The molecular weight excluding hydrogens is 640 g/mol. The number of hydrogen-bond donors (Lipinski definition) is 2. The third-order valence-electron chi connectivity index (χ3n) is 11.3. The molecule has 2 unspecified atom stereocenters. The highest BCUT2D eigenvalue weighted by Gasteiger charge is 2.47. The summed E-state index contributed by atoms with van der Waals surface area (Å²) in [7, 11) is -2.32. The minimum Gasteiger partial charge on any atom is -0.490 e. The maximum absolute atomic E-state index is 13.5. The summed E-state index contributed by atoms with van der Waals surface area (Å²) >= 11 is 6.44. The Morgan fingerprint density at radius 3 is 2.68 bits per heavy atom. The summed E-state index contributed by atoms with van der Waals surface area (Å²) in [5.74, 6) is 0.271. The van der Waals surface area contributed by atoms with Gasteiger partial charge in [-0.1, -0.05) is 50.4 Å². The number of nitrogens with zero attached hydrogens (tertiary/aromatic N) is 1. The van der Waals surface area contributed by atoms with Gasteiger partial charge in [-0.25, -0.2) is 13.1 Å². The summed E-state index contributed by atoms with van der Waals surface area (Å²) in [5.41, 5.74) is -0.257. The minimum absolute atomic E-state index is 0.0302. The molecule has 9 nitrogen and oxygen atoms in total. The van der Waals surface area contributed by atoms with Gasteiger partial charge in [0.1, 0.15) is 5.75 Å². The van der Waals surface area contributed by atoms with Crippen LogP contribution in [0.15, 0.2) is 41.5 Å². The second-order valence-electron chi connectivity index (χ2n) is 14.6. The Morgan fingerprint density at radius 1 is 1.13 bits per heavy atom. The summed E-state index contributed by atoms with van der Waals surface area (Å²) in [6.45, 7) is 8.64. The topological polar surface area (TPSA) is 114 Å². The summed E-state index contributed by atoms with van der Waals surface area (Å²) in [4.78, 5) is 15.8. The molecule has 11 heteroatoms. The second-order valence-corrected chi connectivity index (χ2v) is 17.0. The first-order valence-corrected chi connectivity index (χ1v) is 19.2. The van der Waals surface area contributed by atoms with Gasteiger partial charge < -0.3 is 24.2 Å². The van der Waals surface area contributed by atoms with Gasteiger partial charge >= 0.3 is 0 Å². The zero-order valence-corrected chi connectivity index (χ0v) is 30.0. The van der Waals surface area contributed by atoms with E-state index in [1.165, 1.54) is 0 Å². The summed E-state index contributed by atoms with van der Waals surface area (Å²) < 4.78 is 46.9. The largest absolute Gasteiger partial charge is 0.490 e. The van der Waals surface area contributed by atoms with E-state index < -0.39 is 26.8 Å². The Kier molecular flexibility index (Phi) is 11.7. The molecule has 0 spiro atoms. The van der Waals surface area contributed by atoms with E-state index in [0.29, 0.717) is 51.4 Å². The highest BCUT2D eigenvalue weighted by Crippen LogP contribution is 2.47. The molecule has 5 rings (SSSR count). The molecule has 0 saturated heterocycles. The summed E-state index contributed by atoms with van der Waals surface area (Å²) in [6, 6.07) is 5.22. The zero-order chi connectivity index (χ0) is 33.8. The number of nitrogens with one attached hydrogen (secondary N) is 1. The highest BCUT2D eigenvalue weighted by atomic mass is 35.5. The van der Waals surface area contributed by atoms with E-state index in [1.54, 1.807) is 32.2 Å². The molecular formula is C36H53ClN2O7S. The van der Waals surface area contributed by atoms with Crippen molar-refractivity contribution in [2.45, 2.75) is 83.0 Å². The lowest BCUT2D eigenvalue weighted by molar-refractivity contribution is -0.135. The van der Waals surface area contributed by atoms with Gasteiger partial charge in [-0.2, -0.15) is 0 Å². The first kappa shape index (κ1) is 36.2. The fraction of sp³-hybridized carbons (Fsp3) is 0.694. The molecule has 1 fully saturated rings. The highest BCUT2D eigenvalue weighted by molar-refractivity contribution is 7.90. The van der Waals surface area contributed by atoms with Gasteiger partial charge in [-0.15, -0.1) is 0 Å². The number of rotatable bonds is 5. The van der Waals surface area contributed by atoms with Gasteiger partial charge in [0.25, 0.3) is 5.91 Å². The molecule has 2 heterocycles. The Balaban J connectivity index is 1.52. The van der Waals surface area contributed by atoms with Crippen molar-refractivity contribution in [2.75, 3.05) is 51.5 Å². The van der Waals surface area contributed by atoms with Crippen LogP contribution in [0.25, 0.3) is 0 Å². The monoisotopic (exact) mass is 692 g/mol. The molecule has 1 amide bonds. The van der Waals surface area contributed by atoms with E-state index in [9.17, 15) is 18.3 Å². The molecule has 0 aromatic heterocycles. The van der Waals surface area contributed by atoms with Crippen molar-refractivity contribution in [1.82, 2.24) is 4.72 Å². The van der Waals surface area contributed by atoms with Crippen LogP contribution in [0.3, 0.4) is 0 Å². The molecule has 1 saturated carbocycles. The van der Waals surface area contributed by atoms with Crippen LogP contribution in [0.1, 0.15) is 82.5 Å². The number of sulfonamides is 1. The zero-order valence-electron chi connectivity index (χ0n) is 28.4. The van der Waals surface area contributed by atoms with Crippen LogP contribution in [0, 0.1) is 29.1 Å². The van der Waals surface area contributed by atoms with E-state index in [1.807, 2.05) is 13.0 Å². The second kappa shape index (κ2) is 15.2. The number of halogens is 1. The van der Waals surface area contributed by atoms with Crippen LogP contribution >= 0.6 is 11.6 Å². The van der Waals surface area contributed by atoms with Gasteiger partial charge in [0.05, 0.1) is 43.0 Å². The number of allylic oxidation sites excluding steroid dienone is 3. The Hall–Kier alpha value is -2.11. The number of anilines is 1. The first-order chi connectivity index (χ1) is 22.3. The molecule has 47 heavy (non-hydrogen) atoms. The number of ether oxygens (including phenoxy) is 3. The third kappa shape index (κ3) is 8.38. The Morgan fingerprint density at radius 2 is 1.94 bits per heavy atom. The van der Waals surface area contributed by atoms with Crippen LogP contribution in [-0.2, 0) is 19.5 Å². The molecule has 4 aliphatic rings. The van der Waals surface area contributed by atoms with Crippen molar-refractivity contribution in [3.63, 3.8) is 0 Å². The molecule has 2 bridgehead atoms. The maximum Gasteiger partial charge on any atom is 0.264 e. The number of carbonyl (C=O) groups excluding carboxylic acids is 1. The minimum atomic E-state index is -3.95. The van der Waals surface area contributed by atoms with E-state index in [2.05, 4.69) is 28.7 Å². The Bertz CT molecular complexity index is 1430. The van der Waals surface area contributed by atoms with Crippen molar-refractivity contribution in [1.29, 1.82) is 0 Å². The Labute approximate surface area is 286 Å². The molecule has 1 aromatic rings. The van der Waals surface area contributed by atoms with E-state index in [4.69, 9.17) is 25.8 Å². The lowest BCUT2D eigenvalue weighted by Gasteiger charge is -2.49. The molecule has 2 N–H and O–H groups in total. The van der Waals surface area contributed by atoms with Crippen molar-refractivity contribution >= 4 is 33.2 Å². The quantitative estimate of drug-likeness (QED) is 0.358. The standard InChI is InChI=1S/C36H53ClN2O7S/c1-25-8-7-15-36(41,24-45-19-18-44-4)31-12-10-28(31)22-39-17-6-5-9-29-21-30(37)14-16-35(29,3)23-46-33-13-11-27(20-32(33)39)34(40)38-47(42,43)26(25)2/h11,13-14,16,20-21,25-26,28-29,31,41H,5-10,12,15,17-19,22-24H2,1-4H3,(H,38,40)/t25-,26+,28-,29?,31+,35?,36+/m0/s1. The van der Waals surface area contributed by atoms with Crippen molar-refractivity contribution < 1.29 is 32.5 Å². The fourth-order valence-corrected chi connectivity index (χ4v) is 9.25. The van der Waals surface area contributed by atoms with Gasteiger partial charge in [-0.3, -0.25) is 4.79 Å². The average molecular weight is 693 g/mol. The van der Waals surface area contributed by atoms with Crippen LogP contribution < -0.4 is 14.4 Å². The summed E-state index contributed by atoms with van der Waals surface area (Å²) in [5, 5.41) is 12.2. The normalized spacial score (nSPS) is 34.8. The summed E-state index contributed by atoms with van der Waals surface area (Å²) in [6.07, 6.45) is 12.7. The lowest BCUT2D eigenvalue weighted by Crippen LogP contribution is -2.53. The first-order valence-electron chi connectivity index (χ1n) is 17.3. The van der Waals surface area contributed by atoms with Crippen molar-refractivity contribution in [2.24, 2.45) is 29.1 Å². The third-order valence-corrected chi connectivity index (χ3v) is 13.4. The SMILES string of the molecule is COCCOC[C@]1(O)CCC[C@H](C)[C@@H](C)S(=O)(=O)NC(=O)c2ccc3c(c2)N(CCCCC2C=C(Cl)C=CC2(C)CO3)C[C@@H]2CC[C@H]21. The molecule has 2 aliphatic carbocycles. The number of hydrogen-bond acceptors (Lipinski definition) is 8. The van der Waals surface area contributed by atoms with E-state index in [-0.39, 0.29) is 41.3 Å². The number of fused-ring (bicyclic) bond motifs is 3. The molecule has 0 radical (unpaired) electrons. The maximum atomic E-state index is 13.5. The average Bonchev–Trinajstić information content (AvgIpc) is 3.04. The fourth-order valence-electron chi connectivity index (χ4n) is 7.72. The lowest BCUT2D eigenvalue weighted by atomic mass is 9.63. The number of benzene rings is 1. The van der Waals surface area contributed by atoms with E-state index in [0.717, 1.165) is 49.4 Å². The van der Waals surface area contributed by atoms with Crippen molar-refractivity contribution in [3.05, 3.63) is 47.0 Å². The number of amides is 1. The molecule has 262 valence electrons. The van der Waals surface area contributed by atoms with Crippen LogP contribution in [-0.4, -0.2) is 76.9 Å². The smallest absolute Gasteiger partial charge is 0.264 e. The molecule has 1 aromatic carbocycles. The predicted octanol–water partition coefficient (Wildman–Crippen LogP) is 6.06. The van der Waals surface area contributed by atoms with Gasteiger partial charge in [0, 0.05) is 36.2 Å². The van der Waals surface area contributed by atoms with E-state index >= 15 is 0 Å². The van der Waals surface area contributed by atoms with Gasteiger partial charge in [0.2, 0.25) is 10.0 Å². The number of carbonyl (C=O) groups is 1. The number of methoxy groups -OCH3 is 1. The molecule has 2 aliphatic heterocycles. The molecule has 7 atom stereocenters. The van der Waals surface area contributed by atoms with Crippen LogP contribution in [0.2, 0.25) is 0 Å². The van der Waals surface area contributed by atoms with Crippen LogP contribution in [0.5, 0.6) is 5.75 Å². The van der Waals surface area contributed by atoms with Crippen molar-refractivity contribution in [3.8, 4) is 5.75 Å². The predicted molar refractivity (Wildman–Crippen MR) is 185 cm³/mol. The van der Waals surface area contributed by atoms with Gasteiger partial charge in [-0.05, 0) is 93.4 Å². The van der Waals surface area contributed by atoms with Gasteiger partial charge in [0.15, 0.2) is 0 Å². The van der Waals surface area contributed by atoms with Crippen LogP contribution in [0.4, 0.5) is 5.69 Å².